The Labute approximate surface area is 435 Å². The Bertz CT molecular complexity index is 1640. The van der Waals surface area contributed by atoms with Crippen molar-refractivity contribution in [1.29, 1.82) is 0 Å². The van der Waals surface area contributed by atoms with Crippen molar-refractivity contribution in [2.75, 3.05) is 13.2 Å². The SMILES string of the molecule is CC/C=C\C/C=C\C/C=C\C/C=C\C/C=C\CCCCCCCC(=O)OCC(COC(=O)C/C=C\C/C=C\C/C=C\C/C=C\C/C=C\CC)OC(=O)CCCCCCCCC/C=C\C/C=C\C/C=C\CC. The van der Waals surface area contributed by atoms with Crippen molar-refractivity contribution in [1.82, 2.24) is 0 Å². The van der Waals surface area contributed by atoms with Crippen molar-refractivity contribution in [3.8, 4) is 0 Å². The van der Waals surface area contributed by atoms with E-state index < -0.39 is 12.1 Å². The van der Waals surface area contributed by atoms with E-state index in [0.717, 1.165) is 154 Å². The van der Waals surface area contributed by atoms with E-state index in [1.54, 1.807) is 6.08 Å². The molecular formula is C65H100O6. The van der Waals surface area contributed by atoms with Crippen LogP contribution in [0.25, 0.3) is 0 Å². The van der Waals surface area contributed by atoms with Crippen LogP contribution in [0, 0.1) is 0 Å². The van der Waals surface area contributed by atoms with Crippen molar-refractivity contribution < 1.29 is 28.6 Å². The molecule has 6 heteroatoms. The fourth-order valence-electron chi connectivity index (χ4n) is 6.97. The molecule has 0 aliphatic carbocycles. The summed E-state index contributed by atoms with van der Waals surface area (Å²) in [7, 11) is 0. The van der Waals surface area contributed by atoms with Gasteiger partial charge in [0.15, 0.2) is 6.10 Å². The van der Waals surface area contributed by atoms with Crippen LogP contribution in [0.1, 0.15) is 213 Å². The van der Waals surface area contributed by atoms with Gasteiger partial charge < -0.3 is 14.2 Å². The summed E-state index contributed by atoms with van der Waals surface area (Å²) >= 11 is 0. The zero-order valence-electron chi connectivity index (χ0n) is 45.2. The highest BCUT2D eigenvalue weighted by atomic mass is 16.6. The molecule has 0 aromatic heterocycles. The molecule has 0 N–H and O–H groups in total. The predicted octanol–water partition coefficient (Wildman–Crippen LogP) is 19.0. The molecular weight excluding hydrogens is 877 g/mol. The van der Waals surface area contributed by atoms with Gasteiger partial charge in [-0.25, -0.2) is 0 Å². The lowest BCUT2D eigenvalue weighted by Gasteiger charge is -2.18. The smallest absolute Gasteiger partial charge is 0.309 e. The molecule has 0 fully saturated rings. The summed E-state index contributed by atoms with van der Waals surface area (Å²) in [5.74, 6) is -1.10. The Morgan fingerprint density at radius 1 is 0.296 bits per heavy atom. The third-order valence-corrected chi connectivity index (χ3v) is 11.0. The number of rotatable bonds is 48. The molecule has 0 aliphatic heterocycles. The van der Waals surface area contributed by atoms with Gasteiger partial charge in [-0.2, -0.15) is 0 Å². The first kappa shape index (κ1) is 66.0. The fourth-order valence-corrected chi connectivity index (χ4v) is 6.97. The van der Waals surface area contributed by atoms with E-state index >= 15 is 0 Å². The molecule has 0 aromatic carbocycles. The Kier molecular flexibility index (Phi) is 53.6. The van der Waals surface area contributed by atoms with Gasteiger partial charge in [-0.05, 0) is 122 Å². The molecule has 0 bridgehead atoms. The molecule has 1 unspecified atom stereocenters. The second kappa shape index (κ2) is 57.6. The topological polar surface area (TPSA) is 78.9 Å². The lowest BCUT2D eigenvalue weighted by molar-refractivity contribution is -0.166. The van der Waals surface area contributed by atoms with Crippen molar-refractivity contribution >= 4 is 17.9 Å². The number of hydrogen-bond acceptors (Lipinski definition) is 6. The fraction of sp³-hybridized carbons (Fsp3) is 0.554. The molecule has 0 amide bonds. The first-order valence-electron chi connectivity index (χ1n) is 28.0. The average Bonchev–Trinajstić information content (AvgIpc) is 3.37. The van der Waals surface area contributed by atoms with Crippen molar-refractivity contribution in [3.05, 3.63) is 158 Å². The monoisotopic (exact) mass is 977 g/mol. The maximum Gasteiger partial charge on any atom is 0.309 e. The number of carbonyl (C=O) groups is 3. The third kappa shape index (κ3) is 55.8. The zero-order chi connectivity index (χ0) is 51.4. The summed E-state index contributed by atoms with van der Waals surface area (Å²) in [4.78, 5) is 38.1. The molecule has 0 aliphatic rings. The van der Waals surface area contributed by atoms with E-state index in [4.69, 9.17) is 14.2 Å². The molecule has 0 aromatic rings. The largest absolute Gasteiger partial charge is 0.462 e. The van der Waals surface area contributed by atoms with Gasteiger partial charge in [0.05, 0.1) is 6.42 Å². The first-order valence-corrected chi connectivity index (χ1v) is 28.0. The van der Waals surface area contributed by atoms with Crippen LogP contribution < -0.4 is 0 Å². The van der Waals surface area contributed by atoms with Gasteiger partial charge in [0.25, 0.3) is 0 Å². The minimum atomic E-state index is -0.840. The maximum absolute atomic E-state index is 12.8. The summed E-state index contributed by atoms with van der Waals surface area (Å²) in [6.45, 7) is 6.17. The molecule has 0 rings (SSSR count). The third-order valence-electron chi connectivity index (χ3n) is 11.0. The van der Waals surface area contributed by atoms with Crippen molar-refractivity contribution in [3.63, 3.8) is 0 Å². The summed E-state index contributed by atoms with van der Waals surface area (Å²) in [6.07, 6.45) is 83.9. The van der Waals surface area contributed by atoms with Gasteiger partial charge in [-0.1, -0.05) is 230 Å². The lowest BCUT2D eigenvalue weighted by Crippen LogP contribution is -2.30. The standard InChI is InChI=1S/C65H100O6/c1-4-7-10-13-16-19-22-25-28-30-31-32-33-35-37-40-43-46-49-52-55-58-64(67)70-61-62(60-69-63(66)57-54-51-48-45-42-39-36-27-24-21-18-15-12-9-6-3)71-65(68)59-56-53-50-47-44-41-38-34-29-26-23-20-17-14-11-8-5-2/h7-12,16-21,25-29,31-32,35-37,42,45,51,54,62H,4-6,13-15,22-24,30,33-34,38-41,43-44,46-50,52-53,55-61H2,1-3H3/b10-7-,11-8-,12-9-,19-16-,20-17-,21-18-,28-25-,29-26-,32-31-,36-27-,37-35-,45-42-,54-51-. The number of carbonyl (C=O) groups excluding carboxylic acids is 3. The van der Waals surface area contributed by atoms with Crippen molar-refractivity contribution in [2.45, 2.75) is 219 Å². The number of ether oxygens (including phenoxy) is 3. The maximum atomic E-state index is 12.8. The van der Waals surface area contributed by atoms with Gasteiger partial charge in [-0.15, -0.1) is 0 Å². The lowest BCUT2D eigenvalue weighted by atomic mass is 10.1. The van der Waals surface area contributed by atoms with E-state index in [9.17, 15) is 14.4 Å². The number of hydrogen-bond donors (Lipinski definition) is 0. The Hall–Kier alpha value is -4.97. The van der Waals surface area contributed by atoms with E-state index in [1.807, 2.05) is 6.08 Å². The Morgan fingerprint density at radius 3 is 0.915 bits per heavy atom. The summed E-state index contributed by atoms with van der Waals surface area (Å²) < 4.78 is 16.7. The van der Waals surface area contributed by atoms with E-state index in [0.29, 0.717) is 6.42 Å². The number of allylic oxidation sites excluding steroid dienone is 25. The Balaban J connectivity index is 4.56. The van der Waals surface area contributed by atoms with Gasteiger partial charge in [0.1, 0.15) is 13.2 Å². The summed E-state index contributed by atoms with van der Waals surface area (Å²) in [6, 6.07) is 0. The average molecular weight is 978 g/mol. The first-order chi connectivity index (χ1) is 35.0. The van der Waals surface area contributed by atoms with Crippen LogP contribution in [0.4, 0.5) is 0 Å². The summed E-state index contributed by atoms with van der Waals surface area (Å²) in [5.41, 5.74) is 0. The molecule has 6 nitrogen and oxygen atoms in total. The molecule has 1 atom stereocenters. The number of unbranched alkanes of at least 4 members (excludes halogenated alkanes) is 12. The minimum Gasteiger partial charge on any atom is -0.462 e. The van der Waals surface area contributed by atoms with E-state index in [-0.39, 0.29) is 38.0 Å². The number of esters is 3. The van der Waals surface area contributed by atoms with Crippen LogP contribution in [-0.4, -0.2) is 37.2 Å². The van der Waals surface area contributed by atoms with Crippen molar-refractivity contribution in [2.24, 2.45) is 0 Å². The molecule has 0 radical (unpaired) electrons. The highest BCUT2D eigenvalue weighted by Crippen LogP contribution is 2.13. The second-order valence-corrected chi connectivity index (χ2v) is 17.7. The summed E-state index contributed by atoms with van der Waals surface area (Å²) in [5, 5.41) is 0. The molecule has 0 spiro atoms. The van der Waals surface area contributed by atoms with E-state index in [1.165, 1.54) is 19.3 Å². The van der Waals surface area contributed by atoms with Gasteiger partial charge in [0.2, 0.25) is 0 Å². The van der Waals surface area contributed by atoms with Crippen LogP contribution in [-0.2, 0) is 28.6 Å². The highest BCUT2D eigenvalue weighted by Gasteiger charge is 2.19. The minimum absolute atomic E-state index is 0.113. The molecule has 0 heterocycles. The molecule has 396 valence electrons. The quantitative estimate of drug-likeness (QED) is 0.0262. The predicted molar refractivity (Wildman–Crippen MR) is 306 cm³/mol. The van der Waals surface area contributed by atoms with Crippen LogP contribution in [0.5, 0.6) is 0 Å². The normalized spacial score (nSPS) is 13.3. The molecule has 0 saturated heterocycles. The zero-order valence-corrected chi connectivity index (χ0v) is 45.2. The molecule has 71 heavy (non-hydrogen) atoms. The second-order valence-electron chi connectivity index (χ2n) is 17.7. The van der Waals surface area contributed by atoms with E-state index in [2.05, 4.69) is 167 Å². The van der Waals surface area contributed by atoms with Crippen LogP contribution >= 0.6 is 0 Å². The van der Waals surface area contributed by atoms with Crippen LogP contribution in [0.2, 0.25) is 0 Å². The van der Waals surface area contributed by atoms with Crippen LogP contribution in [0.15, 0.2) is 158 Å². The van der Waals surface area contributed by atoms with Gasteiger partial charge in [0, 0.05) is 12.8 Å². The Morgan fingerprint density at radius 2 is 0.563 bits per heavy atom. The molecule has 0 saturated carbocycles. The van der Waals surface area contributed by atoms with Gasteiger partial charge >= 0.3 is 17.9 Å². The highest BCUT2D eigenvalue weighted by molar-refractivity contribution is 5.72. The van der Waals surface area contributed by atoms with Crippen LogP contribution in [0.3, 0.4) is 0 Å². The van der Waals surface area contributed by atoms with Gasteiger partial charge in [-0.3, -0.25) is 14.4 Å².